The molecule has 0 spiro atoms. The average Bonchev–Trinajstić information content (AvgIpc) is 2.34. The molecular weight excluding hydrogens is 290 g/mol. The summed E-state index contributed by atoms with van der Waals surface area (Å²) in [6.45, 7) is 6.30. The molecule has 1 aromatic heterocycles. The van der Waals surface area contributed by atoms with Gasteiger partial charge in [0.05, 0.1) is 0 Å². The van der Waals surface area contributed by atoms with Gasteiger partial charge in [0.2, 0.25) is 5.88 Å². The quantitative estimate of drug-likeness (QED) is 0.790. The highest BCUT2D eigenvalue weighted by Crippen LogP contribution is 2.32. The minimum atomic E-state index is 0.404. The van der Waals surface area contributed by atoms with E-state index in [1.54, 1.807) is 6.20 Å². The lowest BCUT2D eigenvalue weighted by Crippen LogP contribution is -1.96. The van der Waals surface area contributed by atoms with Gasteiger partial charge in [0.25, 0.3) is 0 Å². The standard InChI is InChI=1S/C15H16BrNO/c1-10(2)13-9-12(16)6-7-14(13)18-15-11(3)5-4-8-17-15/h4-10H,1-3H3. The Balaban J connectivity index is 2.37. The predicted molar refractivity (Wildman–Crippen MR) is 77.3 cm³/mol. The van der Waals surface area contributed by atoms with Crippen molar-refractivity contribution in [3.8, 4) is 11.6 Å². The predicted octanol–water partition coefficient (Wildman–Crippen LogP) is 5.07. The van der Waals surface area contributed by atoms with E-state index in [-0.39, 0.29) is 0 Å². The molecule has 0 N–H and O–H groups in total. The summed E-state index contributed by atoms with van der Waals surface area (Å²) in [4.78, 5) is 4.26. The Morgan fingerprint density at radius 1 is 1.22 bits per heavy atom. The van der Waals surface area contributed by atoms with Gasteiger partial charge in [-0.1, -0.05) is 35.8 Å². The molecule has 0 amide bonds. The van der Waals surface area contributed by atoms with Gasteiger partial charge in [0.15, 0.2) is 0 Å². The number of ether oxygens (including phenoxy) is 1. The molecule has 0 aliphatic rings. The maximum Gasteiger partial charge on any atom is 0.222 e. The lowest BCUT2D eigenvalue weighted by molar-refractivity contribution is 0.450. The fourth-order valence-corrected chi connectivity index (χ4v) is 2.12. The van der Waals surface area contributed by atoms with Crippen molar-refractivity contribution in [1.82, 2.24) is 4.98 Å². The SMILES string of the molecule is Cc1cccnc1Oc1ccc(Br)cc1C(C)C. The molecule has 0 atom stereocenters. The Morgan fingerprint density at radius 3 is 2.67 bits per heavy atom. The van der Waals surface area contributed by atoms with Crippen molar-refractivity contribution in [1.29, 1.82) is 0 Å². The Hall–Kier alpha value is -1.35. The number of nitrogens with zero attached hydrogens (tertiary/aromatic N) is 1. The van der Waals surface area contributed by atoms with E-state index >= 15 is 0 Å². The van der Waals surface area contributed by atoms with Crippen molar-refractivity contribution < 1.29 is 4.74 Å². The molecule has 3 heteroatoms. The molecule has 0 saturated heterocycles. The zero-order valence-electron chi connectivity index (χ0n) is 10.8. The average molecular weight is 306 g/mol. The van der Waals surface area contributed by atoms with Crippen molar-refractivity contribution in [2.24, 2.45) is 0 Å². The zero-order chi connectivity index (χ0) is 13.1. The van der Waals surface area contributed by atoms with Crippen LogP contribution in [0.5, 0.6) is 11.6 Å². The molecule has 1 heterocycles. The summed E-state index contributed by atoms with van der Waals surface area (Å²) in [5.41, 5.74) is 2.21. The molecule has 0 fully saturated rings. The van der Waals surface area contributed by atoms with Crippen LogP contribution in [0.3, 0.4) is 0 Å². The van der Waals surface area contributed by atoms with Crippen LogP contribution in [0.1, 0.15) is 30.9 Å². The number of pyridine rings is 1. The molecule has 18 heavy (non-hydrogen) atoms. The molecular formula is C15H16BrNO. The van der Waals surface area contributed by atoms with E-state index in [1.807, 2.05) is 31.2 Å². The van der Waals surface area contributed by atoms with Gasteiger partial charge in [-0.2, -0.15) is 0 Å². The highest BCUT2D eigenvalue weighted by atomic mass is 79.9. The topological polar surface area (TPSA) is 22.1 Å². The smallest absolute Gasteiger partial charge is 0.222 e. The number of aromatic nitrogens is 1. The number of hydrogen-bond acceptors (Lipinski definition) is 2. The van der Waals surface area contributed by atoms with E-state index < -0.39 is 0 Å². The molecule has 2 aromatic rings. The first-order valence-corrected chi connectivity index (χ1v) is 6.76. The van der Waals surface area contributed by atoms with Gasteiger partial charge in [0, 0.05) is 16.2 Å². The Kier molecular flexibility index (Phi) is 4.02. The first-order chi connectivity index (χ1) is 8.58. The fourth-order valence-electron chi connectivity index (χ4n) is 1.75. The van der Waals surface area contributed by atoms with E-state index in [4.69, 9.17) is 4.74 Å². The van der Waals surface area contributed by atoms with Crippen molar-refractivity contribution in [3.63, 3.8) is 0 Å². The summed E-state index contributed by atoms with van der Waals surface area (Å²) < 4.78 is 6.99. The molecule has 0 aliphatic heterocycles. The minimum absolute atomic E-state index is 0.404. The largest absolute Gasteiger partial charge is 0.438 e. The maximum absolute atomic E-state index is 5.92. The Morgan fingerprint density at radius 2 is 2.00 bits per heavy atom. The second-order valence-corrected chi connectivity index (χ2v) is 5.48. The van der Waals surface area contributed by atoms with Crippen LogP contribution in [0.15, 0.2) is 41.0 Å². The molecule has 2 rings (SSSR count). The van der Waals surface area contributed by atoms with Crippen LogP contribution in [0.4, 0.5) is 0 Å². The van der Waals surface area contributed by atoms with E-state index in [2.05, 4.69) is 40.8 Å². The highest BCUT2D eigenvalue weighted by molar-refractivity contribution is 9.10. The monoisotopic (exact) mass is 305 g/mol. The summed E-state index contributed by atoms with van der Waals surface area (Å²) in [6.07, 6.45) is 1.75. The molecule has 0 radical (unpaired) electrons. The second kappa shape index (κ2) is 5.53. The van der Waals surface area contributed by atoms with Gasteiger partial charge in [0.1, 0.15) is 5.75 Å². The van der Waals surface area contributed by atoms with Crippen LogP contribution < -0.4 is 4.74 Å². The number of aryl methyl sites for hydroxylation is 1. The Bertz CT molecular complexity index is 552. The third-order valence-electron chi connectivity index (χ3n) is 2.76. The van der Waals surface area contributed by atoms with E-state index in [9.17, 15) is 0 Å². The molecule has 2 nitrogen and oxygen atoms in total. The van der Waals surface area contributed by atoms with Crippen molar-refractivity contribution in [3.05, 3.63) is 52.1 Å². The summed E-state index contributed by atoms with van der Waals surface area (Å²) >= 11 is 3.49. The molecule has 94 valence electrons. The second-order valence-electron chi connectivity index (χ2n) is 4.56. The van der Waals surface area contributed by atoms with E-state index in [1.165, 1.54) is 5.56 Å². The molecule has 0 saturated carbocycles. The molecule has 0 bridgehead atoms. The maximum atomic E-state index is 5.92. The van der Waals surface area contributed by atoms with Gasteiger partial charge < -0.3 is 4.74 Å². The van der Waals surface area contributed by atoms with Gasteiger partial charge in [-0.25, -0.2) is 4.98 Å². The Labute approximate surface area is 116 Å². The normalized spacial score (nSPS) is 10.7. The lowest BCUT2D eigenvalue weighted by atomic mass is 10.0. The van der Waals surface area contributed by atoms with Gasteiger partial charge in [-0.3, -0.25) is 0 Å². The highest BCUT2D eigenvalue weighted by Gasteiger charge is 2.11. The van der Waals surface area contributed by atoms with Crippen LogP contribution in [-0.2, 0) is 0 Å². The third-order valence-corrected chi connectivity index (χ3v) is 3.26. The molecule has 0 aliphatic carbocycles. The van der Waals surface area contributed by atoms with Gasteiger partial charge >= 0.3 is 0 Å². The summed E-state index contributed by atoms with van der Waals surface area (Å²) in [5.74, 6) is 1.94. The summed E-state index contributed by atoms with van der Waals surface area (Å²) in [6, 6.07) is 9.97. The van der Waals surface area contributed by atoms with Gasteiger partial charge in [-0.15, -0.1) is 0 Å². The number of benzene rings is 1. The summed E-state index contributed by atoms with van der Waals surface area (Å²) in [5, 5.41) is 0. The van der Waals surface area contributed by atoms with E-state index in [0.717, 1.165) is 15.8 Å². The van der Waals surface area contributed by atoms with Crippen LogP contribution in [0.2, 0.25) is 0 Å². The van der Waals surface area contributed by atoms with E-state index in [0.29, 0.717) is 11.8 Å². The van der Waals surface area contributed by atoms with Crippen molar-refractivity contribution in [2.45, 2.75) is 26.7 Å². The van der Waals surface area contributed by atoms with Crippen LogP contribution in [0, 0.1) is 6.92 Å². The van der Waals surface area contributed by atoms with Crippen molar-refractivity contribution >= 4 is 15.9 Å². The first-order valence-electron chi connectivity index (χ1n) is 5.97. The van der Waals surface area contributed by atoms with Gasteiger partial charge in [-0.05, 0) is 42.7 Å². The zero-order valence-corrected chi connectivity index (χ0v) is 12.4. The van der Waals surface area contributed by atoms with Crippen molar-refractivity contribution in [2.75, 3.05) is 0 Å². The summed E-state index contributed by atoms with van der Waals surface area (Å²) in [7, 11) is 0. The third kappa shape index (κ3) is 2.91. The molecule has 0 unspecified atom stereocenters. The number of rotatable bonds is 3. The van der Waals surface area contributed by atoms with Crippen LogP contribution in [-0.4, -0.2) is 4.98 Å². The lowest BCUT2D eigenvalue weighted by Gasteiger charge is -2.14. The number of hydrogen-bond donors (Lipinski definition) is 0. The number of halogens is 1. The first kappa shape index (κ1) is 13.1. The van der Waals surface area contributed by atoms with Crippen LogP contribution >= 0.6 is 15.9 Å². The fraction of sp³-hybridized carbons (Fsp3) is 0.267. The minimum Gasteiger partial charge on any atom is -0.438 e. The molecule has 1 aromatic carbocycles. The van der Waals surface area contributed by atoms with Crippen LogP contribution in [0.25, 0.3) is 0 Å².